The number of hydrogen-bond acceptors (Lipinski definition) is 3. The van der Waals surface area contributed by atoms with E-state index in [0.29, 0.717) is 19.0 Å². The fourth-order valence-electron chi connectivity index (χ4n) is 2.69. The second-order valence-electron chi connectivity index (χ2n) is 5.59. The molecule has 0 radical (unpaired) electrons. The molecule has 1 amide bonds. The van der Waals surface area contributed by atoms with Crippen molar-refractivity contribution in [1.29, 1.82) is 0 Å². The van der Waals surface area contributed by atoms with Crippen LogP contribution in [0, 0.1) is 0 Å². The monoisotopic (exact) mass is 275 g/mol. The first kappa shape index (κ1) is 15.0. The van der Waals surface area contributed by atoms with E-state index < -0.39 is 0 Å². The van der Waals surface area contributed by atoms with E-state index in [1.54, 1.807) is 6.20 Å². The number of likely N-dealkylation sites (tertiary alicyclic amines) is 1. The van der Waals surface area contributed by atoms with Crippen LogP contribution in [0.2, 0.25) is 0 Å². The van der Waals surface area contributed by atoms with Crippen molar-refractivity contribution in [2.45, 2.75) is 45.1 Å². The molecule has 20 heavy (non-hydrogen) atoms. The molecule has 110 valence electrons. The maximum Gasteiger partial charge on any atom is 0.220 e. The van der Waals surface area contributed by atoms with Crippen LogP contribution in [0.5, 0.6) is 0 Å². The number of carbonyl (C=O) groups is 1. The Balaban J connectivity index is 1.58. The highest BCUT2D eigenvalue weighted by atomic mass is 16.1. The second kappa shape index (κ2) is 8.00. The Morgan fingerprint density at radius 1 is 1.45 bits per heavy atom. The third kappa shape index (κ3) is 4.93. The van der Waals surface area contributed by atoms with Crippen LogP contribution >= 0.6 is 0 Å². The summed E-state index contributed by atoms with van der Waals surface area (Å²) in [5.41, 5.74) is 1.17. The van der Waals surface area contributed by atoms with Gasteiger partial charge in [0.25, 0.3) is 0 Å². The zero-order valence-corrected chi connectivity index (χ0v) is 12.3. The van der Waals surface area contributed by atoms with E-state index in [0.717, 1.165) is 12.8 Å². The van der Waals surface area contributed by atoms with Crippen molar-refractivity contribution in [1.82, 2.24) is 15.2 Å². The van der Waals surface area contributed by atoms with Gasteiger partial charge in [-0.2, -0.15) is 0 Å². The van der Waals surface area contributed by atoms with E-state index >= 15 is 0 Å². The van der Waals surface area contributed by atoms with Crippen molar-refractivity contribution in [3.63, 3.8) is 0 Å². The predicted molar refractivity (Wildman–Crippen MR) is 80.5 cm³/mol. The third-order valence-corrected chi connectivity index (χ3v) is 4.01. The van der Waals surface area contributed by atoms with Gasteiger partial charge in [0.15, 0.2) is 0 Å². The van der Waals surface area contributed by atoms with Crippen molar-refractivity contribution in [3.05, 3.63) is 30.1 Å². The van der Waals surface area contributed by atoms with Gasteiger partial charge in [-0.1, -0.05) is 6.07 Å². The molecular formula is C16H25N3O. The molecule has 0 spiro atoms. The highest BCUT2D eigenvalue weighted by molar-refractivity contribution is 5.75. The maximum absolute atomic E-state index is 11.8. The second-order valence-corrected chi connectivity index (χ2v) is 5.59. The lowest BCUT2D eigenvalue weighted by molar-refractivity contribution is -0.121. The van der Waals surface area contributed by atoms with E-state index in [-0.39, 0.29) is 5.91 Å². The molecule has 0 aliphatic carbocycles. The number of aromatic nitrogens is 1. The van der Waals surface area contributed by atoms with Crippen LogP contribution in [-0.4, -0.2) is 41.5 Å². The number of pyridine rings is 1. The van der Waals surface area contributed by atoms with E-state index in [4.69, 9.17) is 0 Å². The average Bonchev–Trinajstić information content (AvgIpc) is 3.00. The van der Waals surface area contributed by atoms with Gasteiger partial charge in [-0.05, 0) is 57.3 Å². The van der Waals surface area contributed by atoms with Crippen LogP contribution in [-0.2, 0) is 11.2 Å². The van der Waals surface area contributed by atoms with Gasteiger partial charge in [-0.3, -0.25) is 9.78 Å². The molecule has 1 aromatic heterocycles. The lowest BCUT2D eigenvalue weighted by Gasteiger charge is -2.23. The van der Waals surface area contributed by atoms with Gasteiger partial charge in [-0.15, -0.1) is 0 Å². The summed E-state index contributed by atoms with van der Waals surface area (Å²) in [4.78, 5) is 18.4. The molecular weight excluding hydrogens is 250 g/mol. The van der Waals surface area contributed by atoms with Crippen LogP contribution in [0.4, 0.5) is 0 Å². The molecule has 0 aromatic carbocycles. The van der Waals surface area contributed by atoms with Gasteiger partial charge < -0.3 is 10.2 Å². The summed E-state index contributed by atoms with van der Waals surface area (Å²) in [6, 6.07) is 4.49. The minimum atomic E-state index is 0.167. The van der Waals surface area contributed by atoms with E-state index in [1.807, 2.05) is 18.3 Å². The molecule has 4 heteroatoms. The minimum Gasteiger partial charge on any atom is -0.356 e. The first-order chi connectivity index (χ1) is 9.75. The molecule has 0 bridgehead atoms. The topological polar surface area (TPSA) is 45.2 Å². The predicted octanol–water partition coefficient (Wildman–Crippen LogP) is 2.00. The van der Waals surface area contributed by atoms with Gasteiger partial charge in [0, 0.05) is 31.4 Å². The van der Waals surface area contributed by atoms with Crippen molar-refractivity contribution < 1.29 is 4.79 Å². The Morgan fingerprint density at radius 3 is 2.95 bits per heavy atom. The van der Waals surface area contributed by atoms with E-state index in [9.17, 15) is 4.79 Å². The molecule has 1 aromatic rings. The van der Waals surface area contributed by atoms with E-state index in [2.05, 4.69) is 22.1 Å². The Bertz CT molecular complexity index is 401. The van der Waals surface area contributed by atoms with Gasteiger partial charge in [-0.25, -0.2) is 0 Å². The van der Waals surface area contributed by atoms with Crippen LogP contribution in [0.3, 0.4) is 0 Å². The first-order valence-corrected chi connectivity index (χ1v) is 7.65. The van der Waals surface area contributed by atoms with Crippen molar-refractivity contribution in [3.8, 4) is 0 Å². The molecule has 4 nitrogen and oxygen atoms in total. The van der Waals surface area contributed by atoms with Gasteiger partial charge in [0.05, 0.1) is 0 Å². The zero-order chi connectivity index (χ0) is 14.2. The average molecular weight is 275 g/mol. The summed E-state index contributed by atoms with van der Waals surface area (Å²) in [6.45, 7) is 5.32. The number of nitrogens with one attached hydrogen (secondary N) is 1. The van der Waals surface area contributed by atoms with Crippen molar-refractivity contribution >= 4 is 5.91 Å². The SMILES string of the molecule is C[C@@H](CCC(=O)NCCc1cccnc1)N1CCCC1. The highest BCUT2D eigenvalue weighted by Crippen LogP contribution is 2.14. The Labute approximate surface area is 121 Å². The molecule has 1 atom stereocenters. The maximum atomic E-state index is 11.8. The normalized spacial score (nSPS) is 17.1. The van der Waals surface area contributed by atoms with Crippen LogP contribution in [0.15, 0.2) is 24.5 Å². The smallest absolute Gasteiger partial charge is 0.220 e. The fourth-order valence-corrected chi connectivity index (χ4v) is 2.69. The standard InChI is InChI=1S/C16H25N3O/c1-14(19-11-2-3-12-19)6-7-16(20)18-10-8-15-5-4-9-17-13-15/h4-5,9,13-14H,2-3,6-8,10-12H2,1H3,(H,18,20)/t14-/m0/s1. The largest absolute Gasteiger partial charge is 0.356 e. The summed E-state index contributed by atoms with van der Waals surface area (Å²) in [7, 11) is 0. The fraction of sp³-hybridized carbons (Fsp3) is 0.625. The number of nitrogens with zero attached hydrogens (tertiary/aromatic N) is 2. The number of carbonyl (C=O) groups excluding carboxylic acids is 1. The van der Waals surface area contributed by atoms with Gasteiger partial charge in [0.1, 0.15) is 0 Å². The number of rotatable bonds is 7. The third-order valence-electron chi connectivity index (χ3n) is 4.01. The summed E-state index contributed by atoms with van der Waals surface area (Å²) >= 11 is 0. The first-order valence-electron chi connectivity index (χ1n) is 7.65. The Morgan fingerprint density at radius 2 is 2.25 bits per heavy atom. The van der Waals surface area contributed by atoms with Crippen LogP contribution in [0.1, 0.15) is 38.2 Å². The Hall–Kier alpha value is -1.42. The molecule has 0 unspecified atom stereocenters. The molecule has 2 heterocycles. The molecule has 0 saturated carbocycles. The summed E-state index contributed by atoms with van der Waals surface area (Å²) in [5.74, 6) is 0.167. The molecule has 1 aliphatic rings. The van der Waals surface area contributed by atoms with Crippen molar-refractivity contribution in [2.75, 3.05) is 19.6 Å². The van der Waals surface area contributed by atoms with E-state index in [1.165, 1.54) is 31.5 Å². The highest BCUT2D eigenvalue weighted by Gasteiger charge is 2.18. The zero-order valence-electron chi connectivity index (χ0n) is 12.3. The minimum absolute atomic E-state index is 0.167. The molecule has 1 fully saturated rings. The van der Waals surface area contributed by atoms with Crippen LogP contribution in [0.25, 0.3) is 0 Å². The van der Waals surface area contributed by atoms with Crippen LogP contribution < -0.4 is 5.32 Å². The molecule has 1 saturated heterocycles. The number of hydrogen-bond donors (Lipinski definition) is 1. The number of amides is 1. The molecule has 1 N–H and O–H groups in total. The summed E-state index contributed by atoms with van der Waals surface area (Å²) in [5, 5.41) is 2.99. The lowest BCUT2D eigenvalue weighted by Crippen LogP contribution is -2.32. The quantitative estimate of drug-likeness (QED) is 0.828. The summed E-state index contributed by atoms with van der Waals surface area (Å²) < 4.78 is 0. The molecule has 2 rings (SSSR count). The van der Waals surface area contributed by atoms with Crippen molar-refractivity contribution in [2.24, 2.45) is 0 Å². The molecule has 1 aliphatic heterocycles. The lowest BCUT2D eigenvalue weighted by atomic mass is 10.1. The van der Waals surface area contributed by atoms with Gasteiger partial charge in [0.2, 0.25) is 5.91 Å². The Kier molecular flexibility index (Phi) is 5.99. The van der Waals surface area contributed by atoms with Gasteiger partial charge >= 0.3 is 0 Å². The summed E-state index contributed by atoms with van der Waals surface area (Å²) in [6.07, 6.45) is 8.66.